The molecule has 0 bridgehead atoms. The molecule has 0 spiro atoms. The second-order valence-corrected chi connectivity index (χ2v) is 10.7. The highest BCUT2D eigenvalue weighted by Crippen LogP contribution is 2.43. The topological polar surface area (TPSA) is 64.7 Å². The lowest BCUT2D eigenvalue weighted by Crippen LogP contribution is -2.35. The van der Waals surface area contributed by atoms with Gasteiger partial charge in [0.05, 0.1) is 24.5 Å². The molecule has 1 radical (unpaired) electrons. The number of methoxy groups -OCH3 is 1. The van der Waals surface area contributed by atoms with E-state index in [0.717, 1.165) is 66.3 Å². The first-order chi connectivity index (χ1) is 18.6. The number of aromatic nitrogens is 4. The van der Waals surface area contributed by atoms with Crippen LogP contribution in [0.25, 0.3) is 28.3 Å². The molecule has 2 atom stereocenters. The summed E-state index contributed by atoms with van der Waals surface area (Å²) in [4.78, 5) is 19.2. The number of carbonyl (C=O) groups excluding carboxylic acids is 1. The lowest BCUT2D eigenvalue weighted by molar-refractivity contribution is -0.129. The molecule has 0 N–H and O–H groups in total. The quantitative estimate of drug-likeness (QED) is 0.359. The third-order valence-corrected chi connectivity index (χ3v) is 8.40. The van der Waals surface area contributed by atoms with Crippen molar-refractivity contribution in [3.05, 3.63) is 78.0 Å². The molecule has 4 heterocycles. The Hall–Kier alpha value is -3.87. The maximum absolute atomic E-state index is 12.4. The number of hydrogen-bond donors (Lipinski definition) is 0. The largest absolute Gasteiger partial charge is 0.497 e. The highest BCUT2D eigenvalue weighted by atomic mass is 16.5. The minimum atomic E-state index is 0.116. The molecular weight excluding hydrogens is 474 g/mol. The SMILES string of the molecule is COc1ccc(-c2cn3c(-c4nn(C5CC[CH]C6=CC6CC5)c5c4CN(C(C)=O)CC5)cccc3n2)cc1. The Kier molecular flexibility index (Phi) is 5.60. The number of amides is 1. The van der Waals surface area contributed by atoms with E-state index in [-0.39, 0.29) is 5.91 Å². The summed E-state index contributed by atoms with van der Waals surface area (Å²) in [5.41, 5.74) is 8.81. The molecule has 2 unspecified atom stereocenters. The van der Waals surface area contributed by atoms with Crippen molar-refractivity contribution >= 4 is 11.6 Å². The van der Waals surface area contributed by atoms with Crippen molar-refractivity contribution in [2.45, 2.75) is 51.6 Å². The van der Waals surface area contributed by atoms with Crippen molar-refractivity contribution in [2.75, 3.05) is 13.7 Å². The maximum atomic E-state index is 12.4. The van der Waals surface area contributed by atoms with Crippen LogP contribution in [0, 0.1) is 12.3 Å². The highest BCUT2D eigenvalue weighted by Gasteiger charge is 2.33. The average Bonchev–Trinajstić information content (AvgIpc) is 3.33. The molecule has 7 nitrogen and oxygen atoms in total. The number of carbonyl (C=O) groups is 1. The molecule has 3 aliphatic rings. The lowest BCUT2D eigenvalue weighted by Gasteiger charge is -2.29. The fraction of sp³-hybridized carbons (Fsp3) is 0.355. The molecule has 2 aliphatic carbocycles. The average molecular weight is 507 g/mol. The number of imidazole rings is 1. The first kappa shape index (κ1) is 23.3. The van der Waals surface area contributed by atoms with E-state index in [1.807, 2.05) is 35.2 Å². The van der Waals surface area contributed by atoms with Crippen molar-refractivity contribution in [3.63, 3.8) is 0 Å². The van der Waals surface area contributed by atoms with Gasteiger partial charge < -0.3 is 9.64 Å². The van der Waals surface area contributed by atoms with E-state index < -0.39 is 0 Å². The van der Waals surface area contributed by atoms with E-state index in [2.05, 4.69) is 39.9 Å². The van der Waals surface area contributed by atoms with E-state index in [1.54, 1.807) is 19.6 Å². The third kappa shape index (κ3) is 4.01. The number of nitrogens with zero attached hydrogens (tertiary/aromatic N) is 5. The van der Waals surface area contributed by atoms with Crippen molar-refractivity contribution in [1.29, 1.82) is 0 Å². The summed E-state index contributed by atoms with van der Waals surface area (Å²) >= 11 is 0. The van der Waals surface area contributed by atoms with Gasteiger partial charge in [0.2, 0.25) is 5.91 Å². The molecule has 1 aromatic carbocycles. The Morgan fingerprint density at radius 3 is 2.76 bits per heavy atom. The van der Waals surface area contributed by atoms with Gasteiger partial charge in [-0.1, -0.05) is 17.7 Å². The van der Waals surface area contributed by atoms with Gasteiger partial charge in [0.15, 0.2) is 0 Å². The number of rotatable bonds is 4. The van der Waals surface area contributed by atoms with E-state index in [4.69, 9.17) is 14.8 Å². The summed E-state index contributed by atoms with van der Waals surface area (Å²) in [6.45, 7) is 3.01. The minimum Gasteiger partial charge on any atom is -0.497 e. The maximum Gasteiger partial charge on any atom is 0.219 e. The number of ether oxygens (including phenoxy) is 1. The summed E-state index contributed by atoms with van der Waals surface area (Å²) in [6, 6.07) is 14.6. The summed E-state index contributed by atoms with van der Waals surface area (Å²) in [6.07, 6.45) is 12.3. The van der Waals surface area contributed by atoms with Gasteiger partial charge in [0.25, 0.3) is 0 Å². The van der Waals surface area contributed by atoms with Crippen LogP contribution in [0.3, 0.4) is 0 Å². The molecule has 1 saturated carbocycles. The number of hydrogen-bond acceptors (Lipinski definition) is 4. The summed E-state index contributed by atoms with van der Waals surface area (Å²) < 4.78 is 9.79. The molecule has 193 valence electrons. The monoisotopic (exact) mass is 506 g/mol. The van der Waals surface area contributed by atoms with Gasteiger partial charge in [-0.3, -0.25) is 13.9 Å². The number of pyridine rings is 1. The molecule has 1 fully saturated rings. The minimum absolute atomic E-state index is 0.116. The Morgan fingerprint density at radius 2 is 1.95 bits per heavy atom. The van der Waals surface area contributed by atoms with E-state index in [1.165, 1.54) is 17.7 Å². The summed E-state index contributed by atoms with van der Waals surface area (Å²) in [5, 5.41) is 5.33. The van der Waals surface area contributed by atoms with Crippen LogP contribution in [0.2, 0.25) is 0 Å². The zero-order valence-corrected chi connectivity index (χ0v) is 21.9. The molecule has 3 aromatic heterocycles. The van der Waals surface area contributed by atoms with Gasteiger partial charge in [-0.05, 0) is 74.4 Å². The first-order valence-electron chi connectivity index (χ1n) is 13.6. The molecule has 1 aliphatic heterocycles. The fourth-order valence-corrected chi connectivity index (χ4v) is 6.18. The molecular formula is C31H32N5O2. The molecule has 4 aromatic rings. The van der Waals surface area contributed by atoms with E-state index in [0.29, 0.717) is 18.5 Å². The Labute approximate surface area is 222 Å². The van der Waals surface area contributed by atoms with Gasteiger partial charge in [-0.15, -0.1) is 0 Å². The first-order valence-corrected chi connectivity index (χ1v) is 13.6. The predicted octanol–water partition coefficient (Wildman–Crippen LogP) is 5.65. The fourth-order valence-electron chi connectivity index (χ4n) is 6.18. The summed E-state index contributed by atoms with van der Waals surface area (Å²) in [7, 11) is 1.67. The van der Waals surface area contributed by atoms with E-state index >= 15 is 0 Å². The van der Waals surface area contributed by atoms with Crippen molar-refractivity contribution in [3.8, 4) is 28.4 Å². The van der Waals surface area contributed by atoms with Crippen molar-refractivity contribution < 1.29 is 9.53 Å². The van der Waals surface area contributed by atoms with Crippen LogP contribution < -0.4 is 4.74 Å². The molecule has 38 heavy (non-hydrogen) atoms. The Bertz CT molecular complexity index is 1560. The molecule has 7 rings (SSSR count). The van der Waals surface area contributed by atoms with Gasteiger partial charge in [-0.25, -0.2) is 4.98 Å². The third-order valence-electron chi connectivity index (χ3n) is 8.40. The Morgan fingerprint density at radius 1 is 1.08 bits per heavy atom. The van der Waals surface area contributed by atoms with Gasteiger partial charge in [0, 0.05) is 49.5 Å². The Balaban J connectivity index is 1.32. The second kappa shape index (κ2) is 9.15. The second-order valence-electron chi connectivity index (χ2n) is 10.7. The predicted molar refractivity (Wildman–Crippen MR) is 147 cm³/mol. The van der Waals surface area contributed by atoms with Crippen LogP contribution in [0.5, 0.6) is 5.75 Å². The summed E-state index contributed by atoms with van der Waals surface area (Å²) in [5.74, 6) is 1.61. The van der Waals surface area contributed by atoms with Gasteiger partial charge >= 0.3 is 0 Å². The standard InChI is InChI=1S/C31H32N5O2/c1-20(37)34-16-15-28-26(18-34)31(33-36(28)24-6-3-5-22-17-23(22)9-12-24)29-7-4-8-30-32-27(19-35(29)30)21-10-13-25(38-2)14-11-21/h4-5,7-8,10-11,13-14,17,19,23-24H,3,6,9,12,15-16,18H2,1-2H3. The zero-order chi connectivity index (χ0) is 25.8. The molecule has 7 heteroatoms. The normalized spacial score (nSPS) is 20.8. The smallest absolute Gasteiger partial charge is 0.219 e. The van der Waals surface area contributed by atoms with Crippen LogP contribution in [-0.2, 0) is 17.8 Å². The van der Waals surface area contributed by atoms with Crippen LogP contribution >= 0.6 is 0 Å². The number of benzene rings is 1. The van der Waals surface area contributed by atoms with Gasteiger partial charge in [0.1, 0.15) is 17.1 Å². The van der Waals surface area contributed by atoms with Crippen molar-refractivity contribution in [2.24, 2.45) is 5.92 Å². The highest BCUT2D eigenvalue weighted by molar-refractivity contribution is 5.75. The van der Waals surface area contributed by atoms with Gasteiger partial charge in [-0.2, -0.15) is 5.10 Å². The lowest BCUT2D eigenvalue weighted by atomic mass is 9.95. The van der Waals surface area contributed by atoms with Crippen LogP contribution in [0.15, 0.2) is 60.3 Å². The van der Waals surface area contributed by atoms with E-state index in [9.17, 15) is 4.79 Å². The number of fused-ring (bicyclic) bond motifs is 3. The van der Waals surface area contributed by atoms with Crippen molar-refractivity contribution in [1.82, 2.24) is 24.1 Å². The number of allylic oxidation sites excluding steroid dienone is 2. The molecule has 0 saturated heterocycles. The molecule has 1 amide bonds. The van der Waals surface area contributed by atoms with Crippen LogP contribution in [-0.4, -0.2) is 43.6 Å². The van der Waals surface area contributed by atoms with Crippen LogP contribution in [0.1, 0.15) is 49.9 Å². The zero-order valence-electron chi connectivity index (χ0n) is 21.9. The van der Waals surface area contributed by atoms with Crippen LogP contribution in [0.4, 0.5) is 0 Å².